The number of amides is 2. The zero-order chi connectivity index (χ0) is 21.6. The first kappa shape index (κ1) is 21.7. The van der Waals surface area contributed by atoms with Crippen LogP contribution in [0.15, 0.2) is 48.5 Å². The van der Waals surface area contributed by atoms with Crippen molar-refractivity contribution in [3.63, 3.8) is 0 Å². The highest BCUT2D eigenvalue weighted by Gasteiger charge is 2.32. The maximum Gasteiger partial charge on any atom is 0.416 e. The van der Waals surface area contributed by atoms with Crippen molar-refractivity contribution in [1.29, 1.82) is 0 Å². The number of hydrogen-bond acceptors (Lipinski definition) is 3. The van der Waals surface area contributed by atoms with Gasteiger partial charge < -0.3 is 15.5 Å². The van der Waals surface area contributed by atoms with Crippen LogP contribution >= 0.6 is 0 Å². The van der Waals surface area contributed by atoms with E-state index in [0.29, 0.717) is 5.69 Å². The second kappa shape index (κ2) is 9.65. The first-order valence-corrected chi connectivity index (χ1v) is 9.89. The van der Waals surface area contributed by atoms with Crippen LogP contribution < -0.4 is 15.5 Å². The minimum atomic E-state index is -4.49. The van der Waals surface area contributed by atoms with Gasteiger partial charge in [0.05, 0.1) is 23.4 Å². The third-order valence-corrected chi connectivity index (χ3v) is 4.93. The number of halogens is 3. The van der Waals surface area contributed by atoms with E-state index in [9.17, 15) is 22.8 Å². The molecule has 0 spiro atoms. The summed E-state index contributed by atoms with van der Waals surface area (Å²) in [4.78, 5) is 26.2. The highest BCUT2D eigenvalue weighted by molar-refractivity contribution is 5.95. The van der Waals surface area contributed by atoms with Gasteiger partial charge in [0, 0.05) is 26.1 Å². The molecule has 0 bridgehead atoms. The van der Waals surface area contributed by atoms with Crippen molar-refractivity contribution in [2.75, 3.05) is 29.9 Å². The molecule has 1 saturated heterocycles. The third kappa shape index (κ3) is 5.98. The Morgan fingerprint density at radius 1 is 0.967 bits per heavy atom. The molecule has 8 heteroatoms. The molecule has 5 nitrogen and oxygen atoms in total. The van der Waals surface area contributed by atoms with Crippen molar-refractivity contribution in [3.05, 3.63) is 59.7 Å². The minimum Gasteiger partial charge on any atom is -0.370 e. The zero-order valence-electron chi connectivity index (χ0n) is 16.5. The van der Waals surface area contributed by atoms with Gasteiger partial charge in [0.2, 0.25) is 11.8 Å². The highest BCUT2D eigenvalue weighted by atomic mass is 19.4. The van der Waals surface area contributed by atoms with E-state index in [-0.39, 0.29) is 31.0 Å². The lowest BCUT2D eigenvalue weighted by Crippen LogP contribution is -2.29. The Morgan fingerprint density at radius 2 is 1.67 bits per heavy atom. The maximum atomic E-state index is 13.1. The summed E-state index contributed by atoms with van der Waals surface area (Å²) in [6, 6.07) is 12.6. The molecule has 2 amide bonds. The summed E-state index contributed by atoms with van der Waals surface area (Å²) in [5.74, 6) is -0.666. The fourth-order valence-corrected chi connectivity index (χ4v) is 3.42. The Kier molecular flexibility index (Phi) is 6.97. The summed E-state index contributed by atoms with van der Waals surface area (Å²) in [7, 11) is 0. The van der Waals surface area contributed by atoms with Gasteiger partial charge in [-0.2, -0.15) is 13.2 Å². The highest BCUT2D eigenvalue weighted by Crippen LogP contribution is 2.36. The molecule has 0 atom stereocenters. The van der Waals surface area contributed by atoms with Crippen LogP contribution in [0, 0.1) is 0 Å². The van der Waals surface area contributed by atoms with Gasteiger partial charge in [-0.3, -0.25) is 9.59 Å². The van der Waals surface area contributed by atoms with E-state index in [2.05, 4.69) is 10.6 Å². The van der Waals surface area contributed by atoms with Crippen LogP contribution in [0.3, 0.4) is 0 Å². The van der Waals surface area contributed by atoms with Crippen molar-refractivity contribution >= 4 is 23.2 Å². The molecule has 2 N–H and O–H groups in total. The number of alkyl halides is 3. The summed E-state index contributed by atoms with van der Waals surface area (Å²) >= 11 is 0. The van der Waals surface area contributed by atoms with Crippen LogP contribution in [0.4, 0.5) is 24.5 Å². The fourth-order valence-electron chi connectivity index (χ4n) is 3.42. The number of nitrogens with one attached hydrogen (secondary N) is 2. The summed E-state index contributed by atoms with van der Waals surface area (Å²) < 4.78 is 39.3. The van der Waals surface area contributed by atoms with Gasteiger partial charge in [0.25, 0.3) is 0 Å². The molecule has 1 aliphatic heterocycles. The Morgan fingerprint density at radius 3 is 2.33 bits per heavy atom. The van der Waals surface area contributed by atoms with Gasteiger partial charge >= 0.3 is 6.18 Å². The number of hydrogen-bond donors (Lipinski definition) is 2. The molecule has 0 aromatic heterocycles. The number of benzene rings is 2. The van der Waals surface area contributed by atoms with Crippen LogP contribution in [0.25, 0.3) is 0 Å². The maximum absolute atomic E-state index is 13.1. The molecule has 0 unspecified atom stereocenters. The van der Waals surface area contributed by atoms with E-state index < -0.39 is 17.6 Å². The fraction of sp³-hybridized carbons (Fsp3) is 0.364. The number of carbonyl (C=O) groups excluding carboxylic acids is 2. The Balaban J connectivity index is 1.58. The van der Waals surface area contributed by atoms with Crippen LogP contribution in [0.2, 0.25) is 0 Å². The third-order valence-electron chi connectivity index (χ3n) is 4.93. The van der Waals surface area contributed by atoms with Gasteiger partial charge in [-0.05, 0) is 36.6 Å². The molecule has 3 rings (SSSR count). The predicted molar refractivity (Wildman–Crippen MR) is 109 cm³/mol. The Bertz CT molecular complexity index is 879. The van der Waals surface area contributed by atoms with E-state index in [1.54, 1.807) is 0 Å². The largest absolute Gasteiger partial charge is 0.416 e. The molecule has 0 radical (unpaired) electrons. The first-order chi connectivity index (χ1) is 14.3. The van der Waals surface area contributed by atoms with Gasteiger partial charge in [-0.25, -0.2) is 0 Å². The lowest BCUT2D eigenvalue weighted by molar-refractivity contribution is -0.137. The monoisotopic (exact) mass is 419 g/mol. The van der Waals surface area contributed by atoms with E-state index >= 15 is 0 Å². The van der Waals surface area contributed by atoms with Crippen molar-refractivity contribution in [3.8, 4) is 0 Å². The van der Waals surface area contributed by atoms with E-state index in [4.69, 9.17) is 0 Å². The normalized spacial score (nSPS) is 13.9. The van der Waals surface area contributed by atoms with Gasteiger partial charge in [-0.15, -0.1) is 0 Å². The molecule has 2 aromatic carbocycles. The SMILES string of the molecule is O=C(Cc1ccccc1)NCCC(=O)Nc1cc(C(F)(F)F)ccc1N1CCCC1. The molecule has 1 fully saturated rings. The van der Waals surface area contributed by atoms with Gasteiger partial charge in [0.1, 0.15) is 0 Å². The van der Waals surface area contributed by atoms with Gasteiger partial charge in [-0.1, -0.05) is 30.3 Å². The van der Waals surface area contributed by atoms with Crippen molar-refractivity contribution in [2.24, 2.45) is 0 Å². The van der Waals surface area contributed by atoms with Gasteiger partial charge in [0.15, 0.2) is 0 Å². The molecule has 0 saturated carbocycles. The Hall–Kier alpha value is -3.03. The zero-order valence-corrected chi connectivity index (χ0v) is 16.5. The van der Waals surface area contributed by atoms with Crippen LogP contribution in [-0.2, 0) is 22.2 Å². The standard InChI is InChI=1S/C22H24F3N3O2/c23-22(24,25)17-8-9-19(28-12-4-5-13-28)18(15-17)27-20(29)10-11-26-21(30)14-16-6-2-1-3-7-16/h1-3,6-9,15H,4-5,10-14H2,(H,26,30)(H,27,29). The van der Waals surface area contributed by atoms with Crippen LogP contribution in [0.1, 0.15) is 30.4 Å². The van der Waals surface area contributed by atoms with E-state index in [1.807, 2.05) is 35.2 Å². The van der Waals surface area contributed by atoms with E-state index in [0.717, 1.165) is 43.6 Å². The predicted octanol–water partition coefficient (Wildman–Crippen LogP) is 3.99. The summed E-state index contributed by atoms with van der Waals surface area (Å²) in [6.45, 7) is 1.59. The smallest absolute Gasteiger partial charge is 0.370 e. The second-order valence-corrected chi connectivity index (χ2v) is 7.23. The minimum absolute atomic E-state index is 0.0315. The number of carbonyl (C=O) groups is 2. The molecule has 160 valence electrons. The van der Waals surface area contributed by atoms with Crippen LogP contribution in [0.5, 0.6) is 0 Å². The molecule has 1 aliphatic rings. The molecule has 30 heavy (non-hydrogen) atoms. The van der Waals surface area contributed by atoms with Crippen molar-refractivity contribution in [1.82, 2.24) is 5.32 Å². The topological polar surface area (TPSA) is 61.4 Å². The Labute approximate surface area is 173 Å². The van der Waals surface area contributed by atoms with E-state index in [1.165, 1.54) is 6.07 Å². The molecular weight excluding hydrogens is 395 g/mol. The number of anilines is 2. The van der Waals surface area contributed by atoms with Crippen molar-refractivity contribution < 1.29 is 22.8 Å². The lowest BCUT2D eigenvalue weighted by Gasteiger charge is -2.23. The molecule has 0 aliphatic carbocycles. The van der Waals surface area contributed by atoms with Crippen molar-refractivity contribution in [2.45, 2.75) is 31.9 Å². The summed E-state index contributed by atoms with van der Waals surface area (Å²) in [6.07, 6.45) is -2.40. The average molecular weight is 419 g/mol. The first-order valence-electron chi connectivity index (χ1n) is 9.89. The summed E-state index contributed by atoms with van der Waals surface area (Å²) in [5, 5.41) is 5.25. The quantitative estimate of drug-likeness (QED) is 0.713. The molecular formula is C22H24F3N3O2. The number of nitrogens with zero attached hydrogens (tertiary/aromatic N) is 1. The summed E-state index contributed by atoms with van der Waals surface area (Å²) in [5.41, 5.74) is 0.782. The second-order valence-electron chi connectivity index (χ2n) is 7.23. The molecule has 2 aromatic rings. The lowest BCUT2D eigenvalue weighted by atomic mass is 10.1. The number of rotatable bonds is 7. The molecule has 1 heterocycles. The average Bonchev–Trinajstić information content (AvgIpc) is 3.22. The van der Waals surface area contributed by atoms with Crippen LogP contribution in [-0.4, -0.2) is 31.4 Å².